The van der Waals surface area contributed by atoms with Gasteiger partial charge in [0.1, 0.15) is 0 Å². The van der Waals surface area contributed by atoms with E-state index in [1.54, 1.807) is 0 Å². The molecule has 0 unspecified atom stereocenters. The van der Waals surface area contributed by atoms with Gasteiger partial charge in [0.2, 0.25) is 0 Å². The number of ether oxygens (including phenoxy) is 1. The Balaban J connectivity index is 1.54. The van der Waals surface area contributed by atoms with E-state index in [0.717, 1.165) is 45.0 Å². The van der Waals surface area contributed by atoms with Gasteiger partial charge in [-0.3, -0.25) is 4.99 Å². The molecule has 0 aromatic heterocycles. The summed E-state index contributed by atoms with van der Waals surface area (Å²) in [5, 5.41) is 3.52. The summed E-state index contributed by atoms with van der Waals surface area (Å²) in [5.41, 5.74) is 0.421. The van der Waals surface area contributed by atoms with Crippen LogP contribution in [0.2, 0.25) is 0 Å². The molecule has 4 nitrogen and oxygen atoms in total. The number of rotatable bonds is 6. The molecule has 4 heteroatoms. The van der Waals surface area contributed by atoms with Crippen LogP contribution >= 0.6 is 0 Å². The molecular formula is C19H37N3O. The zero-order chi connectivity index (χ0) is 16.5. The number of nitrogens with zero attached hydrogens (tertiary/aromatic N) is 2. The molecule has 0 amide bonds. The van der Waals surface area contributed by atoms with Gasteiger partial charge in [0.25, 0.3) is 0 Å². The molecule has 134 valence electrons. The van der Waals surface area contributed by atoms with E-state index < -0.39 is 0 Å². The first-order valence-corrected chi connectivity index (χ1v) is 9.68. The van der Waals surface area contributed by atoms with Crippen LogP contribution in [0.25, 0.3) is 0 Å². The summed E-state index contributed by atoms with van der Waals surface area (Å²) in [7, 11) is 1.89. The maximum Gasteiger partial charge on any atom is 0.193 e. The Morgan fingerprint density at radius 2 is 1.91 bits per heavy atom. The molecular weight excluding hydrogens is 286 g/mol. The summed E-state index contributed by atoms with van der Waals surface area (Å²) in [4.78, 5) is 6.83. The van der Waals surface area contributed by atoms with E-state index in [0.29, 0.717) is 11.5 Å². The van der Waals surface area contributed by atoms with Crippen molar-refractivity contribution in [2.45, 2.75) is 77.7 Å². The Morgan fingerprint density at radius 3 is 2.52 bits per heavy atom. The van der Waals surface area contributed by atoms with Crippen LogP contribution in [0.3, 0.4) is 0 Å². The number of nitrogens with one attached hydrogen (secondary N) is 1. The molecule has 0 aromatic carbocycles. The van der Waals surface area contributed by atoms with Gasteiger partial charge in [0, 0.05) is 33.3 Å². The average molecular weight is 324 g/mol. The fourth-order valence-corrected chi connectivity index (χ4v) is 3.71. The largest absolute Gasteiger partial charge is 0.378 e. The third-order valence-corrected chi connectivity index (χ3v) is 5.20. The second-order valence-electron chi connectivity index (χ2n) is 8.00. The zero-order valence-corrected chi connectivity index (χ0v) is 15.6. The van der Waals surface area contributed by atoms with E-state index in [1.807, 2.05) is 7.05 Å². The number of hydrogen-bond acceptors (Lipinski definition) is 2. The molecule has 0 bridgehead atoms. The first-order chi connectivity index (χ1) is 11.1. The minimum Gasteiger partial charge on any atom is -0.378 e. The van der Waals surface area contributed by atoms with E-state index in [2.05, 4.69) is 29.1 Å². The predicted octanol–water partition coefficient (Wildman–Crippen LogP) is 3.81. The third-order valence-electron chi connectivity index (χ3n) is 5.20. The van der Waals surface area contributed by atoms with Crippen molar-refractivity contribution < 1.29 is 4.74 Å². The molecule has 1 N–H and O–H groups in total. The second kappa shape index (κ2) is 9.51. The Bertz CT molecular complexity index is 360. The van der Waals surface area contributed by atoms with Crippen LogP contribution < -0.4 is 5.32 Å². The van der Waals surface area contributed by atoms with Crippen LogP contribution in [0.5, 0.6) is 0 Å². The lowest BCUT2D eigenvalue weighted by molar-refractivity contribution is 0.0411. The van der Waals surface area contributed by atoms with Crippen LogP contribution in [0.1, 0.15) is 71.6 Å². The van der Waals surface area contributed by atoms with Crippen LogP contribution in [-0.4, -0.2) is 50.3 Å². The Labute approximate surface area is 143 Å². The molecule has 1 aliphatic heterocycles. The summed E-state index contributed by atoms with van der Waals surface area (Å²) in [5.74, 6) is 1.07. The molecule has 0 spiro atoms. The van der Waals surface area contributed by atoms with Crippen LogP contribution in [0.4, 0.5) is 0 Å². The highest BCUT2D eigenvalue weighted by Crippen LogP contribution is 2.28. The monoisotopic (exact) mass is 323 g/mol. The topological polar surface area (TPSA) is 36.9 Å². The highest BCUT2D eigenvalue weighted by atomic mass is 16.5. The molecule has 2 fully saturated rings. The summed E-state index contributed by atoms with van der Waals surface area (Å²) < 4.78 is 6.05. The number of aliphatic imine (C=N–C) groups is 1. The third kappa shape index (κ3) is 6.70. The average Bonchev–Trinajstić information content (AvgIpc) is 2.74. The molecule has 1 saturated carbocycles. The maximum absolute atomic E-state index is 6.05. The van der Waals surface area contributed by atoms with Gasteiger partial charge >= 0.3 is 0 Å². The highest BCUT2D eigenvalue weighted by Gasteiger charge is 2.30. The van der Waals surface area contributed by atoms with Gasteiger partial charge in [0.05, 0.1) is 6.10 Å². The van der Waals surface area contributed by atoms with Crippen LogP contribution in [-0.2, 0) is 4.74 Å². The summed E-state index contributed by atoms with van der Waals surface area (Å²) >= 11 is 0. The minimum atomic E-state index is 0.421. The molecule has 2 rings (SSSR count). The van der Waals surface area contributed by atoms with Crippen LogP contribution in [0, 0.1) is 5.41 Å². The number of likely N-dealkylation sites (tertiary alicyclic amines) is 1. The van der Waals surface area contributed by atoms with Crippen molar-refractivity contribution in [3.8, 4) is 0 Å². The number of unbranched alkanes of at least 4 members (excludes halogenated alkanes) is 1. The van der Waals surface area contributed by atoms with Gasteiger partial charge in [-0.2, -0.15) is 0 Å². The summed E-state index contributed by atoms with van der Waals surface area (Å²) in [6.45, 7) is 8.82. The Morgan fingerprint density at radius 1 is 1.17 bits per heavy atom. The molecule has 0 atom stereocenters. The Hall–Kier alpha value is -0.770. The smallest absolute Gasteiger partial charge is 0.193 e. The molecule has 1 heterocycles. The molecule has 0 aromatic rings. The van der Waals surface area contributed by atoms with Crippen molar-refractivity contribution in [3.63, 3.8) is 0 Å². The molecule has 23 heavy (non-hydrogen) atoms. The van der Waals surface area contributed by atoms with Crippen molar-refractivity contribution in [2.75, 3.05) is 33.3 Å². The zero-order valence-electron chi connectivity index (χ0n) is 15.6. The van der Waals surface area contributed by atoms with Gasteiger partial charge in [-0.15, -0.1) is 0 Å². The first kappa shape index (κ1) is 18.6. The second-order valence-corrected chi connectivity index (χ2v) is 8.00. The van der Waals surface area contributed by atoms with Gasteiger partial charge in [0.15, 0.2) is 5.96 Å². The summed E-state index contributed by atoms with van der Waals surface area (Å²) in [6.07, 6.45) is 12.1. The van der Waals surface area contributed by atoms with Crippen molar-refractivity contribution >= 4 is 5.96 Å². The standard InChI is InChI=1S/C19H37N3O/c1-19(2)12-14-22(16-19)18(20-3)21-13-8-9-15-23-17-10-6-4-5-7-11-17/h17H,4-16H2,1-3H3,(H,20,21). The van der Waals surface area contributed by atoms with Gasteiger partial charge in [-0.1, -0.05) is 39.5 Å². The van der Waals surface area contributed by atoms with Crippen LogP contribution in [0.15, 0.2) is 4.99 Å². The van der Waals surface area contributed by atoms with Crippen molar-refractivity contribution in [3.05, 3.63) is 0 Å². The minimum absolute atomic E-state index is 0.421. The molecule has 1 aliphatic carbocycles. The van der Waals surface area contributed by atoms with Crippen molar-refractivity contribution in [1.82, 2.24) is 10.2 Å². The molecule has 2 aliphatic rings. The van der Waals surface area contributed by atoms with Gasteiger partial charge in [-0.25, -0.2) is 0 Å². The quantitative estimate of drug-likeness (QED) is 0.349. The maximum atomic E-state index is 6.05. The van der Waals surface area contributed by atoms with Crippen molar-refractivity contribution in [2.24, 2.45) is 10.4 Å². The van der Waals surface area contributed by atoms with Crippen molar-refractivity contribution in [1.29, 1.82) is 0 Å². The molecule has 1 saturated heterocycles. The SMILES string of the molecule is CN=C(NCCCCOC1CCCCCC1)N1CCC(C)(C)C1. The summed E-state index contributed by atoms with van der Waals surface area (Å²) in [6, 6.07) is 0. The van der Waals surface area contributed by atoms with E-state index in [-0.39, 0.29) is 0 Å². The lowest BCUT2D eigenvalue weighted by Gasteiger charge is -2.23. The number of guanidine groups is 1. The van der Waals surface area contributed by atoms with Gasteiger partial charge < -0.3 is 15.0 Å². The van der Waals surface area contributed by atoms with E-state index in [9.17, 15) is 0 Å². The lowest BCUT2D eigenvalue weighted by Crippen LogP contribution is -2.41. The lowest BCUT2D eigenvalue weighted by atomic mass is 9.93. The first-order valence-electron chi connectivity index (χ1n) is 9.68. The highest BCUT2D eigenvalue weighted by molar-refractivity contribution is 5.80. The fraction of sp³-hybridized carbons (Fsp3) is 0.947. The Kier molecular flexibility index (Phi) is 7.68. The molecule has 0 radical (unpaired) electrons. The van der Waals surface area contributed by atoms with E-state index in [4.69, 9.17) is 4.74 Å². The van der Waals surface area contributed by atoms with Gasteiger partial charge in [-0.05, 0) is 37.5 Å². The normalized spacial score (nSPS) is 23.1. The van der Waals surface area contributed by atoms with E-state index in [1.165, 1.54) is 44.9 Å². The fourth-order valence-electron chi connectivity index (χ4n) is 3.71. The van der Waals surface area contributed by atoms with E-state index >= 15 is 0 Å². The number of hydrogen-bond donors (Lipinski definition) is 1. The predicted molar refractivity (Wildman–Crippen MR) is 98.0 cm³/mol.